The lowest BCUT2D eigenvalue weighted by atomic mass is 9.55. The molecule has 0 radical (unpaired) electrons. The van der Waals surface area contributed by atoms with Crippen LogP contribution >= 0.6 is 0 Å². The average Bonchev–Trinajstić information content (AvgIpc) is 2.37. The van der Waals surface area contributed by atoms with Crippen LogP contribution in [-0.4, -0.2) is 37.1 Å². The molecule has 0 atom stereocenters. The van der Waals surface area contributed by atoms with E-state index in [1.807, 2.05) is 6.07 Å². The number of carbonyl (C=O) groups excluding carboxylic acids is 1. The Bertz CT molecular complexity index is 373. The molecule has 0 aromatic rings. The number of rotatable bonds is 4. The Morgan fingerprint density at radius 3 is 2.32 bits per heavy atom. The Morgan fingerprint density at radius 2 is 1.79 bits per heavy atom. The van der Waals surface area contributed by atoms with Gasteiger partial charge in [0.2, 0.25) is 5.91 Å². The van der Waals surface area contributed by atoms with Crippen molar-refractivity contribution in [2.45, 2.75) is 38.2 Å². The Hall–Kier alpha value is -1.08. The molecule has 4 saturated carbocycles. The van der Waals surface area contributed by atoms with E-state index in [2.05, 4.69) is 0 Å². The van der Waals surface area contributed by atoms with Gasteiger partial charge in [-0.25, -0.2) is 0 Å². The van der Waals surface area contributed by atoms with Crippen molar-refractivity contribution >= 4 is 5.91 Å². The molecular formula is C15H22N2O2. The third-order valence-corrected chi connectivity index (χ3v) is 5.27. The Kier molecular flexibility index (Phi) is 3.49. The monoisotopic (exact) mass is 262 g/mol. The molecule has 0 heterocycles. The van der Waals surface area contributed by atoms with Gasteiger partial charge in [-0.1, -0.05) is 0 Å². The lowest BCUT2D eigenvalue weighted by molar-refractivity contribution is -0.152. The molecule has 0 N–H and O–H groups in total. The summed E-state index contributed by atoms with van der Waals surface area (Å²) in [5.41, 5.74) is 0. The smallest absolute Gasteiger partial charge is 0.249 e. The molecule has 19 heavy (non-hydrogen) atoms. The molecule has 0 unspecified atom stereocenters. The van der Waals surface area contributed by atoms with Gasteiger partial charge >= 0.3 is 0 Å². The molecule has 0 aliphatic heterocycles. The quantitative estimate of drug-likeness (QED) is 0.726. The van der Waals surface area contributed by atoms with Crippen LogP contribution in [0.3, 0.4) is 0 Å². The van der Waals surface area contributed by atoms with Gasteiger partial charge in [0.15, 0.2) is 0 Å². The summed E-state index contributed by atoms with van der Waals surface area (Å²) < 4.78 is 5.95. The summed E-state index contributed by atoms with van der Waals surface area (Å²) in [5, 5.41) is 8.58. The number of nitrogens with zero attached hydrogens (tertiary/aromatic N) is 2. The van der Waals surface area contributed by atoms with Gasteiger partial charge in [-0.05, 0) is 55.8 Å². The first-order valence-corrected chi connectivity index (χ1v) is 7.40. The van der Waals surface area contributed by atoms with Gasteiger partial charge in [0.1, 0.15) is 13.2 Å². The van der Waals surface area contributed by atoms with Crippen LogP contribution in [0.5, 0.6) is 0 Å². The van der Waals surface area contributed by atoms with Gasteiger partial charge in [0.05, 0.1) is 12.2 Å². The molecule has 4 aliphatic rings. The first-order chi connectivity index (χ1) is 9.17. The van der Waals surface area contributed by atoms with E-state index in [4.69, 9.17) is 10.00 Å². The maximum atomic E-state index is 11.8. The number of amides is 1. The minimum Gasteiger partial charge on any atom is -0.368 e. The Labute approximate surface area is 114 Å². The summed E-state index contributed by atoms with van der Waals surface area (Å²) in [7, 11) is 1.66. The minimum absolute atomic E-state index is 0.0737. The van der Waals surface area contributed by atoms with Gasteiger partial charge in [-0.3, -0.25) is 4.79 Å². The number of hydrogen-bond donors (Lipinski definition) is 0. The van der Waals surface area contributed by atoms with Crippen LogP contribution in [0.15, 0.2) is 0 Å². The van der Waals surface area contributed by atoms with E-state index in [1.165, 1.54) is 37.0 Å². The largest absolute Gasteiger partial charge is 0.368 e. The molecule has 104 valence electrons. The van der Waals surface area contributed by atoms with Crippen LogP contribution in [0.1, 0.15) is 32.1 Å². The van der Waals surface area contributed by atoms with Gasteiger partial charge < -0.3 is 9.64 Å². The normalized spacial score (nSPS) is 39.1. The van der Waals surface area contributed by atoms with Gasteiger partial charge in [-0.15, -0.1) is 0 Å². The van der Waals surface area contributed by atoms with E-state index in [9.17, 15) is 4.79 Å². The summed E-state index contributed by atoms with van der Waals surface area (Å²) in [6.07, 6.45) is 6.95. The zero-order valence-electron chi connectivity index (χ0n) is 11.5. The van der Waals surface area contributed by atoms with Crippen molar-refractivity contribution < 1.29 is 9.53 Å². The zero-order valence-corrected chi connectivity index (χ0v) is 11.5. The van der Waals surface area contributed by atoms with E-state index >= 15 is 0 Å². The minimum atomic E-state index is -0.0737. The van der Waals surface area contributed by atoms with Crippen molar-refractivity contribution in [3.63, 3.8) is 0 Å². The maximum absolute atomic E-state index is 11.8. The predicted octanol–water partition coefficient (Wildman–Crippen LogP) is 1.81. The highest BCUT2D eigenvalue weighted by atomic mass is 16.5. The van der Waals surface area contributed by atoms with E-state index in [-0.39, 0.29) is 19.1 Å². The van der Waals surface area contributed by atoms with E-state index < -0.39 is 0 Å². The standard InChI is InChI=1S/C15H22N2O2/c1-17(3-2-16)14(18)9-19-15-12-5-10-4-11(7-12)8-13(15)6-10/h10-13,15H,3-9H2,1H3. The fraction of sp³-hybridized carbons (Fsp3) is 0.867. The summed E-state index contributed by atoms with van der Waals surface area (Å²) >= 11 is 0. The van der Waals surface area contributed by atoms with Crippen LogP contribution in [-0.2, 0) is 9.53 Å². The van der Waals surface area contributed by atoms with Crippen LogP contribution in [0.25, 0.3) is 0 Å². The summed E-state index contributed by atoms with van der Waals surface area (Å²) in [5.74, 6) is 3.16. The van der Waals surface area contributed by atoms with E-state index in [0.29, 0.717) is 17.9 Å². The molecule has 4 bridgehead atoms. The van der Waals surface area contributed by atoms with E-state index in [0.717, 1.165) is 11.8 Å². The maximum Gasteiger partial charge on any atom is 0.249 e. The van der Waals surface area contributed by atoms with Crippen LogP contribution in [0.4, 0.5) is 0 Å². The molecule has 0 aromatic heterocycles. The van der Waals surface area contributed by atoms with Crippen LogP contribution in [0.2, 0.25) is 0 Å². The van der Waals surface area contributed by atoms with Crippen molar-refractivity contribution in [2.75, 3.05) is 20.2 Å². The van der Waals surface area contributed by atoms with Crippen molar-refractivity contribution in [1.82, 2.24) is 4.90 Å². The van der Waals surface area contributed by atoms with Gasteiger partial charge in [0.25, 0.3) is 0 Å². The molecule has 4 rings (SSSR count). The third kappa shape index (κ3) is 2.49. The SMILES string of the molecule is CN(CC#N)C(=O)COC1C2CC3CC(C2)CC1C3. The Morgan fingerprint density at radius 1 is 1.21 bits per heavy atom. The second-order valence-electron chi connectivity index (χ2n) is 6.61. The highest BCUT2D eigenvalue weighted by molar-refractivity contribution is 5.77. The van der Waals surface area contributed by atoms with Crippen LogP contribution < -0.4 is 0 Å². The second kappa shape index (κ2) is 5.13. The Balaban J connectivity index is 1.53. The number of carbonyl (C=O) groups is 1. The average molecular weight is 262 g/mol. The van der Waals surface area contributed by atoms with Gasteiger partial charge in [0, 0.05) is 7.05 Å². The fourth-order valence-corrected chi connectivity index (χ4v) is 4.62. The molecule has 4 heteroatoms. The van der Waals surface area contributed by atoms with Crippen molar-refractivity contribution in [3.05, 3.63) is 0 Å². The van der Waals surface area contributed by atoms with Crippen molar-refractivity contribution in [1.29, 1.82) is 5.26 Å². The number of nitriles is 1. The third-order valence-electron chi connectivity index (χ3n) is 5.27. The number of hydrogen-bond acceptors (Lipinski definition) is 3. The number of ether oxygens (including phenoxy) is 1. The van der Waals surface area contributed by atoms with Crippen molar-refractivity contribution in [2.24, 2.45) is 23.7 Å². The molecular weight excluding hydrogens is 240 g/mol. The van der Waals surface area contributed by atoms with Crippen molar-refractivity contribution in [3.8, 4) is 6.07 Å². The zero-order chi connectivity index (χ0) is 13.4. The molecule has 0 saturated heterocycles. The topological polar surface area (TPSA) is 53.3 Å². The summed E-state index contributed by atoms with van der Waals surface area (Å²) in [4.78, 5) is 13.3. The summed E-state index contributed by atoms with van der Waals surface area (Å²) in [6, 6.07) is 1.99. The molecule has 0 spiro atoms. The molecule has 4 nitrogen and oxygen atoms in total. The predicted molar refractivity (Wildman–Crippen MR) is 70.0 cm³/mol. The highest BCUT2D eigenvalue weighted by Gasteiger charge is 2.48. The molecule has 4 aliphatic carbocycles. The summed E-state index contributed by atoms with van der Waals surface area (Å²) in [6.45, 7) is 0.287. The number of likely N-dealkylation sites (N-methyl/N-ethyl adjacent to an activating group) is 1. The molecule has 4 fully saturated rings. The first-order valence-electron chi connectivity index (χ1n) is 7.40. The highest BCUT2D eigenvalue weighted by Crippen LogP contribution is 2.54. The molecule has 0 aromatic carbocycles. The molecule has 1 amide bonds. The van der Waals surface area contributed by atoms with Crippen LogP contribution in [0, 0.1) is 35.0 Å². The lowest BCUT2D eigenvalue weighted by Gasteiger charge is -2.53. The second-order valence-corrected chi connectivity index (χ2v) is 6.61. The van der Waals surface area contributed by atoms with E-state index in [1.54, 1.807) is 7.05 Å². The van der Waals surface area contributed by atoms with Gasteiger partial charge in [-0.2, -0.15) is 5.26 Å². The first kappa shape index (κ1) is 12.9. The fourth-order valence-electron chi connectivity index (χ4n) is 4.62. The lowest BCUT2D eigenvalue weighted by Crippen LogP contribution is -2.50.